The van der Waals surface area contributed by atoms with Crippen LogP contribution in [0.4, 0.5) is 0 Å². The van der Waals surface area contributed by atoms with Crippen LogP contribution in [0.25, 0.3) is 0 Å². The van der Waals surface area contributed by atoms with Gasteiger partial charge in [-0.15, -0.1) is 0 Å². The SMILES string of the molecule is CCCOc1ccccc1OCC(C)CNC(C)(C)C. The molecule has 0 aromatic heterocycles. The quantitative estimate of drug-likeness (QED) is 0.783. The highest BCUT2D eigenvalue weighted by atomic mass is 16.5. The molecule has 0 heterocycles. The first-order valence-corrected chi connectivity index (χ1v) is 7.52. The van der Waals surface area contributed by atoms with Crippen molar-refractivity contribution >= 4 is 0 Å². The molecule has 1 atom stereocenters. The zero-order valence-corrected chi connectivity index (χ0v) is 13.5. The van der Waals surface area contributed by atoms with Gasteiger partial charge in [0.15, 0.2) is 11.5 Å². The lowest BCUT2D eigenvalue weighted by Gasteiger charge is -2.23. The first-order valence-electron chi connectivity index (χ1n) is 7.52. The van der Waals surface area contributed by atoms with E-state index in [1.165, 1.54) is 0 Å². The Morgan fingerprint density at radius 2 is 1.70 bits per heavy atom. The Bertz CT molecular complexity index is 385. The van der Waals surface area contributed by atoms with E-state index in [1.54, 1.807) is 0 Å². The van der Waals surface area contributed by atoms with E-state index in [-0.39, 0.29) is 5.54 Å². The minimum atomic E-state index is 0.149. The van der Waals surface area contributed by atoms with Gasteiger partial charge in [-0.25, -0.2) is 0 Å². The highest BCUT2D eigenvalue weighted by Gasteiger charge is 2.12. The van der Waals surface area contributed by atoms with Crippen molar-refractivity contribution in [3.8, 4) is 11.5 Å². The zero-order valence-electron chi connectivity index (χ0n) is 13.5. The Morgan fingerprint density at radius 3 is 2.25 bits per heavy atom. The molecule has 0 fully saturated rings. The molecule has 0 saturated heterocycles. The number of benzene rings is 1. The summed E-state index contributed by atoms with van der Waals surface area (Å²) in [5, 5.41) is 3.50. The predicted molar refractivity (Wildman–Crippen MR) is 84.6 cm³/mol. The van der Waals surface area contributed by atoms with E-state index in [2.05, 4.69) is 39.9 Å². The van der Waals surface area contributed by atoms with E-state index in [1.807, 2.05) is 24.3 Å². The van der Waals surface area contributed by atoms with Crippen LogP contribution in [-0.2, 0) is 0 Å². The minimum Gasteiger partial charge on any atom is -0.490 e. The van der Waals surface area contributed by atoms with E-state index in [4.69, 9.17) is 9.47 Å². The van der Waals surface area contributed by atoms with Crippen molar-refractivity contribution in [1.29, 1.82) is 0 Å². The third-order valence-corrected chi connectivity index (χ3v) is 2.82. The maximum absolute atomic E-state index is 5.90. The number of hydrogen-bond acceptors (Lipinski definition) is 3. The summed E-state index contributed by atoms with van der Waals surface area (Å²) in [4.78, 5) is 0. The molecule has 0 saturated carbocycles. The fraction of sp³-hybridized carbons (Fsp3) is 0.647. The first kappa shape index (κ1) is 16.8. The molecule has 1 rings (SSSR count). The normalized spacial score (nSPS) is 13.1. The maximum Gasteiger partial charge on any atom is 0.161 e. The summed E-state index contributed by atoms with van der Waals surface area (Å²) in [6.45, 7) is 13.2. The van der Waals surface area contributed by atoms with Gasteiger partial charge in [0.1, 0.15) is 0 Å². The summed E-state index contributed by atoms with van der Waals surface area (Å²) >= 11 is 0. The van der Waals surface area contributed by atoms with Crippen LogP contribution in [0.1, 0.15) is 41.0 Å². The molecule has 1 unspecified atom stereocenters. The fourth-order valence-corrected chi connectivity index (χ4v) is 1.67. The van der Waals surface area contributed by atoms with Crippen LogP contribution in [0.2, 0.25) is 0 Å². The Hall–Kier alpha value is -1.22. The highest BCUT2D eigenvalue weighted by Crippen LogP contribution is 2.26. The number of hydrogen-bond donors (Lipinski definition) is 1. The second-order valence-electron chi connectivity index (χ2n) is 6.34. The van der Waals surface area contributed by atoms with Crippen molar-refractivity contribution in [3.63, 3.8) is 0 Å². The van der Waals surface area contributed by atoms with Crippen molar-refractivity contribution < 1.29 is 9.47 Å². The Kier molecular flexibility index (Phi) is 6.86. The van der Waals surface area contributed by atoms with Gasteiger partial charge in [-0.05, 0) is 39.3 Å². The molecular formula is C17H29NO2. The summed E-state index contributed by atoms with van der Waals surface area (Å²) in [6, 6.07) is 7.88. The number of nitrogens with one attached hydrogen (secondary N) is 1. The minimum absolute atomic E-state index is 0.149. The van der Waals surface area contributed by atoms with Crippen molar-refractivity contribution in [3.05, 3.63) is 24.3 Å². The van der Waals surface area contributed by atoms with Crippen LogP contribution in [-0.4, -0.2) is 25.3 Å². The van der Waals surface area contributed by atoms with Crippen molar-refractivity contribution in [2.75, 3.05) is 19.8 Å². The van der Waals surface area contributed by atoms with Crippen molar-refractivity contribution in [1.82, 2.24) is 5.32 Å². The van der Waals surface area contributed by atoms with Crippen LogP contribution in [0, 0.1) is 5.92 Å². The molecule has 3 heteroatoms. The van der Waals surface area contributed by atoms with Gasteiger partial charge in [-0.1, -0.05) is 26.0 Å². The lowest BCUT2D eigenvalue weighted by atomic mass is 10.1. The molecular weight excluding hydrogens is 250 g/mol. The lowest BCUT2D eigenvalue weighted by Crippen LogP contribution is -2.39. The largest absolute Gasteiger partial charge is 0.490 e. The fourth-order valence-electron chi connectivity index (χ4n) is 1.67. The third-order valence-electron chi connectivity index (χ3n) is 2.82. The predicted octanol–water partition coefficient (Wildman–Crippen LogP) is 3.88. The average molecular weight is 279 g/mol. The van der Waals surface area contributed by atoms with Gasteiger partial charge in [-0.3, -0.25) is 0 Å². The molecule has 0 aliphatic carbocycles. The molecule has 20 heavy (non-hydrogen) atoms. The summed E-state index contributed by atoms with van der Waals surface area (Å²) in [7, 11) is 0. The monoisotopic (exact) mass is 279 g/mol. The van der Waals surface area contributed by atoms with Gasteiger partial charge in [-0.2, -0.15) is 0 Å². The van der Waals surface area contributed by atoms with E-state index >= 15 is 0 Å². The van der Waals surface area contributed by atoms with Crippen LogP contribution in [0.15, 0.2) is 24.3 Å². The highest BCUT2D eigenvalue weighted by molar-refractivity contribution is 5.39. The Morgan fingerprint density at radius 1 is 1.10 bits per heavy atom. The molecule has 0 spiro atoms. The van der Waals surface area contributed by atoms with Gasteiger partial charge in [0, 0.05) is 18.0 Å². The summed E-state index contributed by atoms with van der Waals surface area (Å²) < 4.78 is 11.6. The van der Waals surface area contributed by atoms with E-state index in [9.17, 15) is 0 Å². The lowest BCUT2D eigenvalue weighted by molar-refractivity contribution is 0.226. The second-order valence-corrected chi connectivity index (χ2v) is 6.34. The molecule has 0 aliphatic heterocycles. The maximum atomic E-state index is 5.90. The van der Waals surface area contributed by atoms with Gasteiger partial charge in [0.05, 0.1) is 13.2 Å². The molecule has 3 nitrogen and oxygen atoms in total. The smallest absolute Gasteiger partial charge is 0.161 e. The molecule has 1 aromatic rings. The molecule has 0 aliphatic rings. The zero-order chi connectivity index (χ0) is 15.0. The van der Waals surface area contributed by atoms with E-state index in [0.717, 1.165) is 31.1 Å². The molecule has 1 N–H and O–H groups in total. The van der Waals surface area contributed by atoms with Crippen LogP contribution in [0.5, 0.6) is 11.5 Å². The van der Waals surface area contributed by atoms with Gasteiger partial charge in [0.25, 0.3) is 0 Å². The number of ether oxygens (including phenoxy) is 2. The summed E-state index contributed by atoms with van der Waals surface area (Å²) in [5.74, 6) is 2.13. The molecule has 114 valence electrons. The third kappa shape index (κ3) is 6.80. The number of rotatable bonds is 8. The standard InChI is InChI=1S/C17H29NO2/c1-6-11-19-15-9-7-8-10-16(15)20-13-14(2)12-18-17(3,4)5/h7-10,14,18H,6,11-13H2,1-5H3. The van der Waals surface area contributed by atoms with Gasteiger partial charge in [0.2, 0.25) is 0 Å². The number of para-hydroxylation sites is 2. The van der Waals surface area contributed by atoms with E-state index < -0.39 is 0 Å². The topological polar surface area (TPSA) is 30.5 Å². The second kappa shape index (κ2) is 8.15. The average Bonchev–Trinajstić information content (AvgIpc) is 2.40. The molecule has 0 bridgehead atoms. The molecule has 1 aromatic carbocycles. The van der Waals surface area contributed by atoms with Crippen LogP contribution < -0.4 is 14.8 Å². The van der Waals surface area contributed by atoms with Gasteiger partial charge >= 0.3 is 0 Å². The van der Waals surface area contributed by atoms with Crippen molar-refractivity contribution in [2.24, 2.45) is 5.92 Å². The van der Waals surface area contributed by atoms with Gasteiger partial charge < -0.3 is 14.8 Å². The molecule has 0 amide bonds. The summed E-state index contributed by atoms with van der Waals surface area (Å²) in [5.41, 5.74) is 0.149. The Labute approximate surface area is 123 Å². The van der Waals surface area contributed by atoms with Crippen LogP contribution in [0.3, 0.4) is 0 Å². The van der Waals surface area contributed by atoms with E-state index in [0.29, 0.717) is 12.5 Å². The van der Waals surface area contributed by atoms with Crippen molar-refractivity contribution in [2.45, 2.75) is 46.6 Å². The van der Waals surface area contributed by atoms with Crippen LogP contribution >= 0.6 is 0 Å². The first-order chi connectivity index (χ1) is 9.42. The summed E-state index contributed by atoms with van der Waals surface area (Å²) in [6.07, 6.45) is 1.00. The Balaban J connectivity index is 2.44. The molecule has 0 radical (unpaired) electrons.